The van der Waals surface area contributed by atoms with Gasteiger partial charge in [-0.2, -0.15) is 0 Å². The molecule has 0 bridgehead atoms. The summed E-state index contributed by atoms with van der Waals surface area (Å²) in [6, 6.07) is 9.50. The molecule has 0 amide bonds. The summed E-state index contributed by atoms with van der Waals surface area (Å²) in [6.45, 7) is 1.77. The van der Waals surface area contributed by atoms with Crippen LogP contribution in [-0.4, -0.2) is 17.1 Å². The zero-order valence-corrected chi connectivity index (χ0v) is 11.7. The number of hydrogen-bond acceptors (Lipinski definition) is 5. The average Bonchev–Trinajstić information content (AvgIpc) is 2.47. The van der Waals surface area contributed by atoms with Gasteiger partial charge in [-0.3, -0.25) is 10.1 Å². The number of benzene rings is 2. The number of hydrogen-bond donors (Lipinski definition) is 1. The Morgan fingerprint density at radius 1 is 1.19 bits per heavy atom. The van der Waals surface area contributed by atoms with Gasteiger partial charge in [0.25, 0.3) is 0 Å². The second kappa shape index (κ2) is 6.23. The van der Waals surface area contributed by atoms with Crippen LogP contribution in [0.25, 0.3) is 0 Å². The number of aliphatic hydroxyl groups excluding tert-OH is 1. The Morgan fingerprint density at radius 2 is 1.90 bits per heavy atom. The first-order valence-corrected chi connectivity index (χ1v) is 6.26. The summed E-state index contributed by atoms with van der Waals surface area (Å²) >= 11 is 0. The molecule has 0 aromatic heterocycles. The molecule has 21 heavy (non-hydrogen) atoms. The number of methoxy groups -OCH3 is 1. The smallest absolute Gasteiger partial charge is 0.315 e. The molecule has 0 fully saturated rings. The molecule has 2 aromatic carbocycles. The molecular weight excluding hydrogens is 274 g/mol. The zero-order chi connectivity index (χ0) is 15.4. The summed E-state index contributed by atoms with van der Waals surface area (Å²) in [7, 11) is 1.44. The van der Waals surface area contributed by atoms with E-state index in [2.05, 4.69) is 0 Å². The van der Waals surface area contributed by atoms with Crippen LogP contribution in [0.15, 0.2) is 36.4 Å². The lowest BCUT2D eigenvalue weighted by Crippen LogP contribution is -1.96. The van der Waals surface area contributed by atoms with Crippen LogP contribution in [0.4, 0.5) is 5.69 Å². The monoisotopic (exact) mass is 289 g/mol. The molecule has 0 radical (unpaired) electrons. The highest BCUT2D eigenvalue weighted by Gasteiger charge is 2.17. The molecule has 1 N–H and O–H groups in total. The number of nitro benzene ring substituents is 1. The van der Waals surface area contributed by atoms with E-state index in [1.54, 1.807) is 24.3 Å². The Kier molecular flexibility index (Phi) is 4.39. The van der Waals surface area contributed by atoms with Gasteiger partial charge in [0, 0.05) is 0 Å². The molecule has 2 aromatic rings. The van der Waals surface area contributed by atoms with E-state index >= 15 is 0 Å². The highest BCUT2D eigenvalue weighted by Crippen LogP contribution is 2.34. The van der Waals surface area contributed by atoms with Crippen LogP contribution in [-0.2, 0) is 6.61 Å². The number of aryl methyl sites for hydroxylation is 1. The Hall–Kier alpha value is -2.60. The molecular formula is C15H15NO5. The van der Waals surface area contributed by atoms with Gasteiger partial charge in [0.1, 0.15) is 11.5 Å². The van der Waals surface area contributed by atoms with Crippen molar-refractivity contribution in [2.75, 3.05) is 7.11 Å². The first-order valence-electron chi connectivity index (χ1n) is 6.26. The summed E-state index contributed by atoms with van der Waals surface area (Å²) in [5, 5.41) is 20.2. The van der Waals surface area contributed by atoms with Gasteiger partial charge in [-0.15, -0.1) is 0 Å². The largest absolute Gasteiger partial charge is 0.496 e. The minimum atomic E-state index is -0.521. The third-order valence-corrected chi connectivity index (χ3v) is 3.08. The second-order valence-corrected chi connectivity index (χ2v) is 4.44. The highest BCUT2D eigenvalue weighted by molar-refractivity contribution is 5.52. The first-order chi connectivity index (χ1) is 10.0. The van der Waals surface area contributed by atoms with Crippen LogP contribution >= 0.6 is 0 Å². The fraction of sp³-hybridized carbons (Fsp3) is 0.200. The standard InChI is InChI=1S/C15H15NO5/c1-10-7-13(4-3-11(10)9-17)21-15-6-5-12(20-2)8-14(15)16(18)19/h3-8,17H,9H2,1-2H3. The predicted molar refractivity (Wildman–Crippen MR) is 76.8 cm³/mol. The third kappa shape index (κ3) is 3.29. The molecule has 110 valence electrons. The molecule has 0 spiro atoms. The number of ether oxygens (including phenoxy) is 2. The Bertz CT molecular complexity index is 669. The van der Waals surface area contributed by atoms with E-state index in [1.807, 2.05) is 6.92 Å². The highest BCUT2D eigenvalue weighted by atomic mass is 16.6. The Balaban J connectivity index is 2.35. The van der Waals surface area contributed by atoms with E-state index in [4.69, 9.17) is 14.6 Å². The van der Waals surface area contributed by atoms with Crippen molar-refractivity contribution in [2.24, 2.45) is 0 Å². The Morgan fingerprint density at radius 3 is 2.48 bits per heavy atom. The van der Waals surface area contributed by atoms with Gasteiger partial charge < -0.3 is 14.6 Å². The molecule has 6 heteroatoms. The molecule has 0 aliphatic heterocycles. The molecule has 2 rings (SSSR count). The second-order valence-electron chi connectivity index (χ2n) is 4.44. The minimum absolute atomic E-state index is 0.0607. The molecule has 0 heterocycles. The maximum absolute atomic E-state index is 11.1. The van der Waals surface area contributed by atoms with Crippen molar-refractivity contribution in [1.82, 2.24) is 0 Å². The van der Waals surface area contributed by atoms with Crippen LogP contribution in [0.3, 0.4) is 0 Å². The maximum Gasteiger partial charge on any atom is 0.315 e. The van der Waals surface area contributed by atoms with Crippen molar-refractivity contribution >= 4 is 5.69 Å². The van der Waals surface area contributed by atoms with Gasteiger partial charge in [-0.25, -0.2) is 0 Å². The van der Waals surface area contributed by atoms with Crippen molar-refractivity contribution < 1.29 is 19.5 Å². The molecule has 0 saturated carbocycles. The van der Waals surface area contributed by atoms with E-state index in [-0.39, 0.29) is 18.0 Å². The molecule has 0 aliphatic rings. The van der Waals surface area contributed by atoms with Crippen molar-refractivity contribution in [2.45, 2.75) is 13.5 Å². The summed E-state index contributed by atoms with van der Waals surface area (Å²) < 4.78 is 10.5. The topological polar surface area (TPSA) is 81.8 Å². The summed E-state index contributed by atoms with van der Waals surface area (Å²) in [5.41, 5.74) is 1.47. The third-order valence-electron chi connectivity index (χ3n) is 3.08. The van der Waals surface area contributed by atoms with Gasteiger partial charge in [-0.1, -0.05) is 6.07 Å². The van der Waals surface area contributed by atoms with E-state index in [0.29, 0.717) is 11.5 Å². The zero-order valence-electron chi connectivity index (χ0n) is 11.7. The lowest BCUT2D eigenvalue weighted by molar-refractivity contribution is -0.385. The number of nitro groups is 1. The van der Waals surface area contributed by atoms with Crippen molar-refractivity contribution in [3.05, 3.63) is 57.6 Å². The number of nitrogens with zero attached hydrogens (tertiary/aromatic N) is 1. The van der Waals surface area contributed by atoms with Crippen molar-refractivity contribution in [1.29, 1.82) is 0 Å². The molecule has 0 atom stereocenters. The van der Waals surface area contributed by atoms with Crippen molar-refractivity contribution in [3.63, 3.8) is 0 Å². The minimum Gasteiger partial charge on any atom is -0.496 e. The summed E-state index contributed by atoms with van der Waals surface area (Å²) in [6.07, 6.45) is 0. The van der Waals surface area contributed by atoms with E-state index in [9.17, 15) is 10.1 Å². The fourth-order valence-corrected chi connectivity index (χ4v) is 1.89. The van der Waals surface area contributed by atoms with Gasteiger partial charge in [0.05, 0.1) is 24.7 Å². The quantitative estimate of drug-likeness (QED) is 0.675. The van der Waals surface area contributed by atoms with Crippen LogP contribution in [0.2, 0.25) is 0 Å². The van der Waals surface area contributed by atoms with Gasteiger partial charge >= 0.3 is 5.69 Å². The molecule has 0 aliphatic carbocycles. The fourth-order valence-electron chi connectivity index (χ4n) is 1.89. The van der Waals surface area contributed by atoms with E-state index in [1.165, 1.54) is 19.2 Å². The lowest BCUT2D eigenvalue weighted by Gasteiger charge is -2.09. The molecule has 6 nitrogen and oxygen atoms in total. The first kappa shape index (κ1) is 14.8. The summed E-state index contributed by atoms with van der Waals surface area (Å²) in [5.74, 6) is 0.996. The average molecular weight is 289 g/mol. The lowest BCUT2D eigenvalue weighted by atomic mass is 10.1. The van der Waals surface area contributed by atoms with Crippen LogP contribution in [0.1, 0.15) is 11.1 Å². The molecule has 0 saturated heterocycles. The van der Waals surface area contributed by atoms with Gasteiger partial charge in [-0.05, 0) is 42.3 Å². The number of aliphatic hydroxyl groups is 1. The van der Waals surface area contributed by atoms with Gasteiger partial charge in [0.2, 0.25) is 5.75 Å². The summed E-state index contributed by atoms with van der Waals surface area (Å²) in [4.78, 5) is 10.6. The van der Waals surface area contributed by atoms with Crippen molar-refractivity contribution in [3.8, 4) is 17.2 Å². The predicted octanol–water partition coefficient (Wildman–Crippen LogP) is 3.20. The van der Waals surface area contributed by atoms with E-state index in [0.717, 1.165) is 11.1 Å². The van der Waals surface area contributed by atoms with Crippen LogP contribution in [0, 0.1) is 17.0 Å². The van der Waals surface area contributed by atoms with Crippen LogP contribution < -0.4 is 9.47 Å². The molecule has 0 unspecified atom stereocenters. The van der Waals surface area contributed by atoms with Gasteiger partial charge in [0.15, 0.2) is 0 Å². The Labute approximate surface area is 121 Å². The van der Waals surface area contributed by atoms with Crippen LogP contribution in [0.5, 0.6) is 17.2 Å². The maximum atomic E-state index is 11.1. The number of rotatable bonds is 5. The van der Waals surface area contributed by atoms with E-state index < -0.39 is 4.92 Å². The SMILES string of the molecule is COc1ccc(Oc2ccc(CO)c(C)c2)c([N+](=O)[O-])c1. The normalized spacial score (nSPS) is 10.2.